The van der Waals surface area contributed by atoms with E-state index in [1.54, 1.807) is 40.1 Å². The number of aryl methyl sites for hydroxylation is 1. The summed E-state index contributed by atoms with van der Waals surface area (Å²) in [6.07, 6.45) is 0.111. The molecule has 0 saturated carbocycles. The zero-order valence-electron chi connectivity index (χ0n) is 25.1. The van der Waals surface area contributed by atoms with E-state index >= 15 is 0 Å². The Kier molecular flexibility index (Phi) is 16.5. The second-order valence-corrected chi connectivity index (χ2v) is 9.11. The van der Waals surface area contributed by atoms with Crippen LogP contribution in [0.15, 0.2) is 41.6 Å². The summed E-state index contributed by atoms with van der Waals surface area (Å²) in [5, 5.41) is 0.656. The van der Waals surface area contributed by atoms with Crippen molar-refractivity contribution < 1.29 is 31.8 Å². The van der Waals surface area contributed by atoms with E-state index in [1.165, 1.54) is 10.6 Å². The minimum Gasteiger partial charge on any atom is -0.444 e. The number of nitrogens with two attached hydrogens (primary N) is 1. The molecule has 0 aliphatic heterocycles. The number of methoxy groups -OCH3 is 1. The number of pyridine rings is 1. The molecule has 8 nitrogen and oxygen atoms in total. The molecular weight excluding hydrogens is 544 g/mol. The Bertz CT molecular complexity index is 1260. The number of carbonyl (C=O) groups excluding carboxylic acids is 1. The van der Waals surface area contributed by atoms with Crippen molar-refractivity contribution in [3.8, 4) is 11.4 Å². The molecule has 1 aromatic carbocycles. The summed E-state index contributed by atoms with van der Waals surface area (Å²) in [5.74, 6) is -0.952. The molecule has 0 aliphatic carbocycles. The lowest BCUT2D eigenvalue weighted by molar-refractivity contribution is -0.138. The van der Waals surface area contributed by atoms with Crippen molar-refractivity contribution in [2.75, 3.05) is 13.7 Å². The van der Waals surface area contributed by atoms with Gasteiger partial charge in [-0.25, -0.2) is 19.2 Å². The molecule has 0 radical (unpaired) electrons. The lowest BCUT2D eigenvalue weighted by Crippen LogP contribution is -2.27. The van der Waals surface area contributed by atoms with Crippen molar-refractivity contribution in [2.45, 2.75) is 86.1 Å². The van der Waals surface area contributed by atoms with Crippen LogP contribution in [0.4, 0.5) is 22.4 Å². The first-order chi connectivity index (χ1) is 19.2. The molecule has 41 heavy (non-hydrogen) atoms. The quantitative estimate of drug-likeness (QED) is 0.229. The topological polar surface area (TPSA) is 109 Å². The summed E-state index contributed by atoms with van der Waals surface area (Å²) in [5.41, 5.74) is 2.85. The number of fused-ring (bicyclic) bond motifs is 1. The first-order valence-electron chi connectivity index (χ1n) is 13.4. The van der Waals surface area contributed by atoms with Gasteiger partial charge in [-0.05, 0) is 63.6 Å². The average molecular weight is 587 g/mol. The number of benzene rings is 1. The third kappa shape index (κ3) is 13.1. The molecule has 2 N–H and O–H groups in total. The van der Waals surface area contributed by atoms with Crippen molar-refractivity contribution in [1.82, 2.24) is 14.5 Å². The number of amides is 1. The van der Waals surface area contributed by atoms with E-state index in [0.29, 0.717) is 30.9 Å². The minimum atomic E-state index is -4.57. The highest BCUT2D eigenvalue weighted by molar-refractivity contribution is 5.85. The van der Waals surface area contributed by atoms with Crippen molar-refractivity contribution in [2.24, 2.45) is 5.73 Å². The third-order valence-electron chi connectivity index (χ3n) is 4.94. The van der Waals surface area contributed by atoms with Crippen molar-refractivity contribution in [3.63, 3.8) is 0 Å². The van der Waals surface area contributed by atoms with E-state index < -0.39 is 29.3 Å². The predicted molar refractivity (Wildman–Crippen MR) is 153 cm³/mol. The van der Waals surface area contributed by atoms with Crippen LogP contribution in [0, 0.1) is 5.82 Å². The number of nitrogens with zero attached hydrogens (tertiary/aromatic N) is 3. The van der Waals surface area contributed by atoms with Gasteiger partial charge in [-0.15, -0.1) is 0 Å². The van der Waals surface area contributed by atoms with E-state index in [4.69, 9.17) is 10.5 Å². The Hall–Kier alpha value is -3.54. The zero-order valence-corrected chi connectivity index (χ0v) is 25.1. The van der Waals surface area contributed by atoms with Crippen LogP contribution in [0.2, 0.25) is 0 Å². The number of hydrogen-bond donors (Lipinski definition) is 1. The molecule has 0 saturated heterocycles. The molecule has 1 amide bonds. The molecule has 0 aliphatic rings. The van der Waals surface area contributed by atoms with Crippen LogP contribution in [-0.2, 0) is 22.2 Å². The Labute approximate surface area is 238 Å². The molecular formula is C29H42F4N4O4. The maximum absolute atomic E-state index is 14.6. The van der Waals surface area contributed by atoms with Gasteiger partial charge in [-0.1, -0.05) is 27.7 Å². The molecule has 0 unspecified atom stereocenters. The standard InChI is InChI=1S/C20H19F4N3O2.C5H11NO2.2C2H6/c1-29-8-4-2-3-6-27-7-5-13-9-16(17(21)10-15(13)19(27)28)18-25-11-14(12-26-18)20(22,23)24;1-5(2,3)8-4(6)7;2*1-2/h5,7,9-12H,2-4,6,8H2,1H3;1-3H3,(H2,6,7);2*1-2H3. The number of hydrogen-bond acceptors (Lipinski definition) is 6. The van der Waals surface area contributed by atoms with Gasteiger partial charge in [-0.3, -0.25) is 4.79 Å². The first-order valence-corrected chi connectivity index (χ1v) is 13.4. The number of carbonyl (C=O) groups is 1. The SMILES string of the molecule is CC.CC.CC(C)(C)OC(N)=O.COCCCCCn1ccc2cc(-c3ncc(C(F)(F)F)cn3)c(F)cc2c1=O. The number of unbranched alkanes of at least 4 members (excludes halogenated alkanes) is 2. The number of halogens is 4. The van der Waals surface area contributed by atoms with E-state index in [1.807, 2.05) is 27.7 Å². The predicted octanol–water partition coefficient (Wildman–Crippen LogP) is 7.37. The second-order valence-electron chi connectivity index (χ2n) is 9.11. The highest BCUT2D eigenvalue weighted by Crippen LogP contribution is 2.29. The van der Waals surface area contributed by atoms with Gasteiger partial charge in [0.1, 0.15) is 11.4 Å². The lowest BCUT2D eigenvalue weighted by atomic mass is 10.1. The molecule has 12 heteroatoms. The Morgan fingerprint density at radius 3 is 2.05 bits per heavy atom. The Morgan fingerprint density at radius 1 is 1.00 bits per heavy atom. The van der Waals surface area contributed by atoms with Gasteiger partial charge in [0.15, 0.2) is 5.82 Å². The zero-order chi connectivity index (χ0) is 31.8. The molecule has 230 valence electrons. The van der Waals surface area contributed by atoms with Gasteiger partial charge in [0, 0.05) is 38.9 Å². The van der Waals surface area contributed by atoms with Gasteiger partial charge in [0.25, 0.3) is 5.56 Å². The van der Waals surface area contributed by atoms with Crippen molar-refractivity contribution in [1.29, 1.82) is 0 Å². The normalized spacial score (nSPS) is 10.8. The van der Waals surface area contributed by atoms with Gasteiger partial charge < -0.3 is 19.8 Å². The average Bonchev–Trinajstić information content (AvgIpc) is 2.91. The molecule has 0 spiro atoms. The largest absolute Gasteiger partial charge is 0.444 e. The Balaban J connectivity index is 0.00000114. The number of primary amides is 1. The molecule has 3 rings (SSSR count). The highest BCUT2D eigenvalue weighted by Gasteiger charge is 2.31. The fourth-order valence-corrected chi connectivity index (χ4v) is 3.27. The monoisotopic (exact) mass is 586 g/mol. The third-order valence-corrected chi connectivity index (χ3v) is 4.94. The summed E-state index contributed by atoms with van der Waals surface area (Å²) >= 11 is 0. The van der Waals surface area contributed by atoms with Crippen LogP contribution < -0.4 is 11.3 Å². The first kappa shape index (κ1) is 37.5. The number of aromatic nitrogens is 3. The number of alkyl halides is 3. The summed E-state index contributed by atoms with van der Waals surface area (Å²) < 4.78 is 63.6. The van der Waals surface area contributed by atoms with E-state index in [-0.39, 0.29) is 22.3 Å². The van der Waals surface area contributed by atoms with Crippen LogP contribution in [0.5, 0.6) is 0 Å². The fraction of sp³-hybridized carbons (Fsp3) is 0.517. The highest BCUT2D eigenvalue weighted by atomic mass is 19.4. The van der Waals surface area contributed by atoms with Crippen LogP contribution in [-0.4, -0.2) is 39.9 Å². The van der Waals surface area contributed by atoms with E-state index in [0.717, 1.165) is 25.3 Å². The molecule has 0 bridgehead atoms. The van der Waals surface area contributed by atoms with Gasteiger partial charge in [-0.2, -0.15) is 13.2 Å². The molecule has 2 aromatic heterocycles. The van der Waals surface area contributed by atoms with E-state index in [9.17, 15) is 27.2 Å². The molecule has 0 fully saturated rings. The maximum atomic E-state index is 14.6. The number of ether oxygens (including phenoxy) is 2. The summed E-state index contributed by atoms with van der Waals surface area (Å²) in [7, 11) is 1.63. The van der Waals surface area contributed by atoms with Gasteiger partial charge in [0.2, 0.25) is 0 Å². The smallest absolute Gasteiger partial charge is 0.419 e. The minimum absolute atomic E-state index is 0.0667. The van der Waals surface area contributed by atoms with Crippen LogP contribution in [0.1, 0.15) is 73.3 Å². The van der Waals surface area contributed by atoms with Crippen molar-refractivity contribution in [3.05, 3.63) is 58.5 Å². The lowest BCUT2D eigenvalue weighted by Gasteiger charge is -2.16. The Morgan fingerprint density at radius 2 is 1.59 bits per heavy atom. The van der Waals surface area contributed by atoms with Gasteiger partial charge in [0.05, 0.1) is 16.5 Å². The second kappa shape index (κ2) is 18.0. The summed E-state index contributed by atoms with van der Waals surface area (Å²) in [6.45, 7) is 14.4. The van der Waals surface area contributed by atoms with Crippen LogP contribution in [0.25, 0.3) is 22.2 Å². The van der Waals surface area contributed by atoms with Crippen molar-refractivity contribution >= 4 is 16.9 Å². The fourth-order valence-electron chi connectivity index (χ4n) is 3.27. The van der Waals surface area contributed by atoms with Gasteiger partial charge >= 0.3 is 12.3 Å². The molecule has 2 heterocycles. The van der Waals surface area contributed by atoms with Crippen LogP contribution in [0.3, 0.4) is 0 Å². The molecule has 3 aromatic rings. The molecule has 0 atom stereocenters. The maximum Gasteiger partial charge on any atom is 0.419 e. The number of rotatable bonds is 7. The summed E-state index contributed by atoms with van der Waals surface area (Å²) in [6, 6.07) is 4.12. The van der Waals surface area contributed by atoms with E-state index in [2.05, 4.69) is 14.7 Å². The summed E-state index contributed by atoms with van der Waals surface area (Å²) in [4.78, 5) is 29.9. The van der Waals surface area contributed by atoms with Crippen LogP contribution >= 0.6 is 0 Å².